The van der Waals surface area contributed by atoms with Gasteiger partial charge in [0.15, 0.2) is 0 Å². The third kappa shape index (κ3) is 5.67. The quantitative estimate of drug-likeness (QED) is 0.504. The van der Waals surface area contributed by atoms with Crippen LogP contribution in [-0.2, 0) is 25.7 Å². The van der Waals surface area contributed by atoms with Crippen LogP contribution in [-0.4, -0.2) is 51.6 Å². The number of imide groups is 1. The Bertz CT molecular complexity index is 943. The molecule has 1 heterocycles. The lowest BCUT2D eigenvalue weighted by atomic mass is 9.85. The molecule has 1 N–H and O–H groups in total. The van der Waals surface area contributed by atoms with E-state index in [0.29, 0.717) is 12.8 Å². The van der Waals surface area contributed by atoms with Crippen LogP contribution < -0.4 is 5.32 Å². The van der Waals surface area contributed by atoms with Crippen LogP contribution in [0.1, 0.15) is 52.5 Å². The molecule has 1 aliphatic heterocycles. The van der Waals surface area contributed by atoms with Gasteiger partial charge in [-0.3, -0.25) is 24.1 Å². The van der Waals surface area contributed by atoms with Crippen LogP contribution in [0.5, 0.6) is 0 Å². The van der Waals surface area contributed by atoms with Gasteiger partial charge in [-0.05, 0) is 46.6 Å². The Hall–Kier alpha value is -3.03. The Balaban J connectivity index is 1.74. The van der Waals surface area contributed by atoms with E-state index in [4.69, 9.17) is 0 Å². The van der Waals surface area contributed by atoms with E-state index in [1.807, 2.05) is 32.9 Å². The van der Waals surface area contributed by atoms with Gasteiger partial charge in [0.05, 0.1) is 11.8 Å². The SMILES string of the molecule is C[C@H](C(=O)NC(C)(C)C)N(Cc1ccccc1F)C(=O)CCN1C(=O)[C@H]2CC=CC[C@H]2C1=O. The molecule has 0 bridgehead atoms. The predicted octanol–water partition coefficient (Wildman–Crippen LogP) is 2.80. The molecule has 0 unspecified atom stereocenters. The number of allylic oxidation sites excluding steroid dienone is 2. The Kier molecular flexibility index (Phi) is 7.34. The zero-order valence-corrected chi connectivity index (χ0v) is 19.6. The standard InChI is InChI=1S/C25H32FN3O4/c1-16(22(31)27-25(2,3)4)29(15-17-9-5-8-12-20(17)26)21(30)13-14-28-23(32)18-10-6-7-11-19(18)24(28)33/h5-9,12,16,18-19H,10-11,13-15H2,1-4H3,(H,27,31)/t16-,18-,19+/m1/s1. The molecule has 8 heteroatoms. The van der Waals surface area contributed by atoms with Crippen molar-refractivity contribution in [2.45, 2.75) is 65.1 Å². The summed E-state index contributed by atoms with van der Waals surface area (Å²) < 4.78 is 14.3. The normalized spacial score (nSPS) is 21.1. The van der Waals surface area contributed by atoms with Crippen molar-refractivity contribution >= 4 is 23.6 Å². The number of rotatable bonds is 7. The molecule has 1 aliphatic carbocycles. The number of likely N-dealkylation sites (tertiary alicyclic amines) is 1. The number of amides is 4. The van der Waals surface area contributed by atoms with Gasteiger partial charge in [-0.2, -0.15) is 0 Å². The van der Waals surface area contributed by atoms with Gasteiger partial charge in [0.1, 0.15) is 11.9 Å². The molecular weight excluding hydrogens is 425 g/mol. The highest BCUT2D eigenvalue weighted by atomic mass is 19.1. The summed E-state index contributed by atoms with van der Waals surface area (Å²) in [6, 6.07) is 5.22. The number of fused-ring (bicyclic) bond motifs is 1. The van der Waals surface area contributed by atoms with Crippen molar-refractivity contribution in [1.82, 2.24) is 15.1 Å². The Morgan fingerprint density at radius 3 is 2.24 bits per heavy atom. The highest BCUT2D eigenvalue weighted by Gasteiger charge is 2.47. The molecule has 0 aromatic heterocycles. The average Bonchev–Trinajstić information content (AvgIpc) is 3.00. The summed E-state index contributed by atoms with van der Waals surface area (Å²) >= 11 is 0. The van der Waals surface area contributed by atoms with Crippen LogP contribution in [0.4, 0.5) is 4.39 Å². The highest BCUT2D eigenvalue weighted by molar-refractivity contribution is 6.05. The first-order valence-corrected chi connectivity index (χ1v) is 11.3. The minimum Gasteiger partial charge on any atom is -0.350 e. The second kappa shape index (κ2) is 9.85. The van der Waals surface area contributed by atoms with Crippen molar-refractivity contribution in [3.8, 4) is 0 Å². The summed E-state index contributed by atoms with van der Waals surface area (Å²) in [5.41, 5.74) is -0.219. The average molecular weight is 458 g/mol. The molecule has 0 radical (unpaired) electrons. The summed E-state index contributed by atoms with van der Waals surface area (Å²) in [7, 11) is 0. The third-order valence-corrected chi connectivity index (χ3v) is 6.11. The summed E-state index contributed by atoms with van der Waals surface area (Å²) in [5, 5.41) is 2.85. The van der Waals surface area contributed by atoms with Gasteiger partial charge in [-0.25, -0.2) is 4.39 Å². The maximum absolute atomic E-state index is 14.3. The van der Waals surface area contributed by atoms with Crippen LogP contribution in [0.2, 0.25) is 0 Å². The summed E-state index contributed by atoms with van der Waals surface area (Å²) in [6.07, 6.45) is 4.75. The first kappa shape index (κ1) is 24.6. The van der Waals surface area contributed by atoms with Crippen molar-refractivity contribution in [2.75, 3.05) is 6.54 Å². The van der Waals surface area contributed by atoms with Crippen molar-refractivity contribution in [3.05, 3.63) is 47.8 Å². The number of nitrogens with one attached hydrogen (secondary N) is 1. The Morgan fingerprint density at radius 1 is 1.12 bits per heavy atom. The lowest BCUT2D eigenvalue weighted by Crippen LogP contribution is -2.52. The lowest BCUT2D eigenvalue weighted by Gasteiger charge is -2.32. The molecule has 33 heavy (non-hydrogen) atoms. The molecule has 7 nitrogen and oxygen atoms in total. The van der Waals surface area contributed by atoms with Gasteiger partial charge < -0.3 is 10.2 Å². The van der Waals surface area contributed by atoms with Crippen LogP contribution in [0.3, 0.4) is 0 Å². The van der Waals surface area contributed by atoms with E-state index in [-0.39, 0.29) is 54.6 Å². The van der Waals surface area contributed by atoms with Gasteiger partial charge >= 0.3 is 0 Å². The topological polar surface area (TPSA) is 86.8 Å². The number of hydrogen-bond donors (Lipinski definition) is 1. The van der Waals surface area contributed by atoms with Gasteiger partial charge in [0.2, 0.25) is 23.6 Å². The number of benzene rings is 1. The number of carbonyl (C=O) groups excluding carboxylic acids is 4. The first-order chi connectivity index (χ1) is 15.5. The number of carbonyl (C=O) groups is 4. The molecule has 4 amide bonds. The molecule has 0 spiro atoms. The fourth-order valence-electron chi connectivity index (χ4n) is 4.31. The third-order valence-electron chi connectivity index (χ3n) is 6.11. The molecule has 3 atom stereocenters. The molecule has 1 aromatic carbocycles. The van der Waals surface area contributed by atoms with Crippen LogP contribution in [0.25, 0.3) is 0 Å². The molecule has 178 valence electrons. The maximum Gasteiger partial charge on any atom is 0.242 e. The van der Waals surface area contributed by atoms with Crippen molar-refractivity contribution in [2.24, 2.45) is 11.8 Å². The lowest BCUT2D eigenvalue weighted by molar-refractivity contribution is -0.144. The van der Waals surface area contributed by atoms with Crippen LogP contribution in [0, 0.1) is 17.7 Å². The van der Waals surface area contributed by atoms with Crippen LogP contribution >= 0.6 is 0 Å². The summed E-state index contributed by atoms with van der Waals surface area (Å²) in [5.74, 6) is -2.48. The highest BCUT2D eigenvalue weighted by Crippen LogP contribution is 2.35. The molecule has 1 fully saturated rings. The smallest absolute Gasteiger partial charge is 0.242 e. The summed E-state index contributed by atoms with van der Waals surface area (Å²) in [4.78, 5) is 53.9. The van der Waals surface area contributed by atoms with Gasteiger partial charge in [-0.15, -0.1) is 0 Å². The zero-order valence-electron chi connectivity index (χ0n) is 19.6. The summed E-state index contributed by atoms with van der Waals surface area (Å²) in [6.45, 7) is 6.94. The van der Waals surface area contributed by atoms with E-state index in [1.54, 1.807) is 25.1 Å². The Labute approximate surface area is 194 Å². The monoisotopic (exact) mass is 457 g/mol. The minimum atomic E-state index is -0.868. The van der Waals surface area contributed by atoms with Crippen molar-refractivity contribution in [1.29, 1.82) is 0 Å². The number of nitrogens with zero attached hydrogens (tertiary/aromatic N) is 2. The van der Waals surface area contributed by atoms with Crippen LogP contribution in [0.15, 0.2) is 36.4 Å². The molecule has 0 saturated carbocycles. The minimum absolute atomic E-state index is 0.0507. The van der Waals surface area contributed by atoms with Gasteiger partial charge in [-0.1, -0.05) is 30.4 Å². The van der Waals surface area contributed by atoms with Crippen molar-refractivity contribution < 1.29 is 23.6 Å². The van der Waals surface area contributed by atoms with E-state index in [9.17, 15) is 23.6 Å². The fourth-order valence-corrected chi connectivity index (χ4v) is 4.31. The number of halogens is 1. The van der Waals surface area contributed by atoms with E-state index >= 15 is 0 Å². The molecular formula is C25H32FN3O4. The number of hydrogen-bond acceptors (Lipinski definition) is 4. The second-order valence-corrected chi connectivity index (χ2v) is 9.76. The van der Waals surface area contributed by atoms with Gasteiger partial charge in [0.25, 0.3) is 0 Å². The first-order valence-electron chi connectivity index (χ1n) is 11.3. The second-order valence-electron chi connectivity index (χ2n) is 9.76. The van der Waals surface area contributed by atoms with E-state index in [0.717, 1.165) is 0 Å². The zero-order chi connectivity index (χ0) is 24.3. The molecule has 2 aliphatic rings. The van der Waals surface area contributed by atoms with Crippen molar-refractivity contribution in [3.63, 3.8) is 0 Å². The Morgan fingerprint density at radius 2 is 1.70 bits per heavy atom. The largest absolute Gasteiger partial charge is 0.350 e. The van der Waals surface area contributed by atoms with E-state index in [1.165, 1.54) is 15.9 Å². The van der Waals surface area contributed by atoms with E-state index < -0.39 is 23.3 Å². The molecule has 1 aromatic rings. The van der Waals surface area contributed by atoms with Gasteiger partial charge in [0, 0.05) is 30.6 Å². The maximum atomic E-state index is 14.3. The molecule has 3 rings (SSSR count). The predicted molar refractivity (Wildman–Crippen MR) is 121 cm³/mol. The molecule has 1 saturated heterocycles. The fraction of sp³-hybridized carbons (Fsp3) is 0.520. The van der Waals surface area contributed by atoms with E-state index in [2.05, 4.69) is 5.32 Å².